The van der Waals surface area contributed by atoms with Gasteiger partial charge < -0.3 is 8.83 Å². The van der Waals surface area contributed by atoms with Crippen molar-refractivity contribution in [2.45, 2.75) is 116 Å². The van der Waals surface area contributed by atoms with E-state index in [0.29, 0.717) is 52.4 Å². The first-order valence-electron chi connectivity index (χ1n) is 51.9. The molecule has 11 heteroatoms. The Morgan fingerprint density at radius 2 is 0.427 bits per heavy atom. The molecule has 0 radical (unpaired) electrons. The van der Waals surface area contributed by atoms with E-state index in [1.807, 2.05) is 133 Å². The van der Waals surface area contributed by atoms with Crippen molar-refractivity contribution < 1.29 is 8.83 Å². The van der Waals surface area contributed by atoms with Gasteiger partial charge in [0.2, 0.25) is 0 Å². The molecule has 0 spiro atoms. The third-order valence-electron chi connectivity index (χ3n) is 34.5. The molecule has 0 N–H and O–H groups in total. The maximum absolute atomic E-state index is 6.25. The molecule has 26 aromatic rings. The Balaban J connectivity index is 0.000000111. The number of rotatable bonds is 9. The van der Waals surface area contributed by atoms with Crippen LogP contribution in [0, 0.1) is 0 Å². The minimum Gasteiger partial charge on any atom is -0.456 e. The fourth-order valence-electron chi connectivity index (χ4n) is 24.3. The van der Waals surface area contributed by atoms with Crippen molar-refractivity contribution in [1.29, 1.82) is 0 Å². The van der Waals surface area contributed by atoms with Crippen molar-refractivity contribution in [1.82, 2.24) is 44.9 Å². The standard InChI is InChI=1S/2C47H35N3O.C45H35N3/c1-46(2)37-18-10-8-15-33(37)41-32-24-23-28-21-22-30(27-36(28)31(32)25-26-38(41)47(46,3)4)44-48-43(29-13-6-5-7-14-29)49-45(50-44)35-17-12-20-40-42(35)34-16-9-11-19-39(34)51-40;1-46(2)38-16-10-8-15-36(38)42-35-23-20-28-18-19-30(26-37(28)32(35)24-25-39(42)47(46,3)4)44-48-43(29-12-6-5-7-13-29)49-45(50-44)31-21-22-34-33-14-9-11-17-40(33)51-41(34)27-31;1-44(2)38-20-11-10-17-37(38)40-35-24-23-34-32(33(35)25-26-39(40)45(44,3)4)18-12-19-36(34)43-47-41(29-14-6-5-7-15-29)46-42(48-43)31-22-21-28-13-8-9-16-30(28)27-31/h2*5-27H,1-4H3;5-27H,1-4H3. The number of hydrogen-bond acceptors (Lipinski definition) is 11. The van der Waals surface area contributed by atoms with Gasteiger partial charge in [0.25, 0.3) is 0 Å². The largest absolute Gasteiger partial charge is 0.456 e. The summed E-state index contributed by atoms with van der Waals surface area (Å²) in [6, 6.07) is 148. The van der Waals surface area contributed by atoms with Gasteiger partial charge in [-0.25, -0.2) is 44.9 Å². The van der Waals surface area contributed by atoms with E-state index in [-0.39, 0.29) is 32.5 Å². The number of furan rings is 2. The molecule has 5 aromatic heterocycles. The van der Waals surface area contributed by atoms with Crippen molar-refractivity contribution in [3.05, 3.63) is 452 Å². The number of para-hydroxylation sites is 2. The lowest BCUT2D eigenvalue weighted by atomic mass is 9.55. The van der Waals surface area contributed by atoms with E-state index < -0.39 is 0 Å². The molecule has 150 heavy (non-hydrogen) atoms. The first-order chi connectivity index (χ1) is 72.9. The van der Waals surface area contributed by atoms with Crippen LogP contribution < -0.4 is 0 Å². The molecule has 21 aromatic carbocycles. The third-order valence-corrected chi connectivity index (χ3v) is 34.5. The van der Waals surface area contributed by atoms with Gasteiger partial charge in [0, 0.05) is 71.6 Å². The summed E-state index contributed by atoms with van der Waals surface area (Å²) in [7, 11) is 0. The van der Waals surface area contributed by atoms with Gasteiger partial charge in [0.05, 0.1) is 0 Å². The van der Waals surface area contributed by atoms with Crippen molar-refractivity contribution >= 4 is 119 Å². The maximum Gasteiger partial charge on any atom is 0.164 e. The van der Waals surface area contributed by atoms with E-state index in [0.717, 1.165) is 105 Å². The average Bonchev–Trinajstić information content (AvgIpc) is 0.834. The van der Waals surface area contributed by atoms with Gasteiger partial charge in [0.1, 0.15) is 22.3 Å². The van der Waals surface area contributed by atoms with Crippen LogP contribution in [0.25, 0.3) is 255 Å². The van der Waals surface area contributed by atoms with E-state index in [1.165, 1.54) is 131 Å². The molecule has 5 heterocycles. The Hall–Kier alpha value is -17.9. The highest BCUT2D eigenvalue weighted by atomic mass is 16.3. The van der Waals surface area contributed by atoms with Gasteiger partial charge in [-0.3, -0.25) is 0 Å². The van der Waals surface area contributed by atoms with E-state index >= 15 is 0 Å². The van der Waals surface area contributed by atoms with Crippen LogP contribution in [-0.4, -0.2) is 44.9 Å². The van der Waals surface area contributed by atoms with E-state index in [2.05, 4.69) is 368 Å². The zero-order valence-corrected chi connectivity index (χ0v) is 85.7. The van der Waals surface area contributed by atoms with Crippen LogP contribution in [0.15, 0.2) is 427 Å². The summed E-state index contributed by atoms with van der Waals surface area (Å²) in [5.41, 5.74) is 28.0. The molecule has 29 rings (SSSR count). The summed E-state index contributed by atoms with van der Waals surface area (Å²) >= 11 is 0. The molecular weight excluding hydrogens is 1830 g/mol. The summed E-state index contributed by atoms with van der Waals surface area (Å²) in [4.78, 5) is 45.8. The second kappa shape index (κ2) is 34.4. The summed E-state index contributed by atoms with van der Waals surface area (Å²) < 4.78 is 12.5. The van der Waals surface area contributed by atoms with Crippen molar-refractivity contribution in [2.24, 2.45) is 0 Å². The van der Waals surface area contributed by atoms with Gasteiger partial charge in [-0.1, -0.05) is 453 Å². The number of hydrogen-bond donors (Lipinski definition) is 0. The lowest BCUT2D eigenvalue weighted by molar-refractivity contribution is 0.299. The molecule has 0 fully saturated rings. The first-order valence-corrected chi connectivity index (χ1v) is 51.9. The quantitative estimate of drug-likeness (QED) is 0.127. The van der Waals surface area contributed by atoms with Crippen molar-refractivity contribution in [3.63, 3.8) is 0 Å². The van der Waals surface area contributed by atoms with Crippen LogP contribution in [0.5, 0.6) is 0 Å². The number of aromatic nitrogens is 9. The third kappa shape index (κ3) is 14.3. The zero-order valence-electron chi connectivity index (χ0n) is 85.7. The van der Waals surface area contributed by atoms with Crippen LogP contribution in [0.1, 0.15) is 116 Å². The topological polar surface area (TPSA) is 142 Å². The first kappa shape index (κ1) is 90.8. The van der Waals surface area contributed by atoms with Crippen LogP contribution in [-0.2, 0) is 32.5 Å². The molecular formula is C139H105N9O2. The molecule has 11 nitrogen and oxygen atoms in total. The Kier molecular flexibility index (Phi) is 20.8. The Morgan fingerprint density at radius 3 is 0.907 bits per heavy atom. The Labute approximate surface area is 870 Å². The molecule has 0 saturated carbocycles. The van der Waals surface area contributed by atoms with Crippen LogP contribution in [0.2, 0.25) is 0 Å². The van der Waals surface area contributed by atoms with Gasteiger partial charge in [-0.05, 0) is 223 Å². The predicted octanol–water partition coefficient (Wildman–Crippen LogP) is 36.2. The summed E-state index contributed by atoms with van der Waals surface area (Å²) in [6.45, 7) is 28.7. The number of fused-ring (bicyclic) bond motifs is 28. The molecule has 718 valence electrons. The van der Waals surface area contributed by atoms with Gasteiger partial charge in [-0.2, -0.15) is 0 Å². The summed E-state index contributed by atoms with van der Waals surface area (Å²) in [5, 5.41) is 21.1. The van der Waals surface area contributed by atoms with Gasteiger partial charge in [-0.15, -0.1) is 0 Å². The highest BCUT2D eigenvalue weighted by Gasteiger charge is 2.50. The number of benzene rings is 21. The van der Waals surface area contributed by atoms with Crippen LogP contribution in [0.4, 0.5) is 0 Å². The molecule has 0 unspecified atom stereocenters. The molecule has 3 aliphatic carbocycles. The monoisotopic (exact) mass is 1930 g/mol. The molecule has 0 bridgehead atoms. The molecule has 0 saturated heterocycles. The Bertz CT molecular complexity index is 10100. The fourth-order valence-corrected chi connectivity index (χ4v) is 24.3. The van der Waals surface area contributed by atoms with Crippen LogP contribution >= 0.6 is 0 Å². The van der Waals surface area contributed by atoms with E-state index in [1.54, 1.807) is 0 Å². The SMILES string of the molecule is CC1(C)c2ccccc2-c2c(ccc3c2ccc2c(-c4nc(-c5ccccc5)nc(-c5ccc6ccccc6c5)n4)cccc23)C1(C)C.CC1(C)c2ccccc2-c2c(ccc3c2ccc2ccc(-c4nc(-c5ccccc5)nc(-c5ccc6c(c5)oc5ccccc56)n4)cc23)C1(C)C.CC1(C)c2ccccc2-c2c(ccc3c2ccc2ccc(-c4nc(-c5ccccc5)nc(-c5cccc6oc7ccccc7c56)n4)cc23)C1(C)C. The number of nitrogens with zero attached hydrogens (tertiary/aromatic N) is 9. The molecule has 0 atom stereocenters. The predicted molar refractivity (Wildman–Crippen MR) is 620 cm³/mol. The second-order valence-electron chi connectivity index (χ2n) is 43.8. The van der Waals surface area contributed by atoms with Gasteiger partial charge in [0.15, 0.2) is 52.4 Å². The highest BCUT2D eigenvalue weighted by Crippen LogP contribution is 2.60. The minimum absolute atomic E-state index is 0.00776. The van der Waals surface area contributed by atoms with E-state index in [4.69, 9.17) is 53.7 Å². The average molecular weight is 1930 g/mol. The van der Waals surface area contributed by atoms with Crippen molar-refractivity contribution in [2.75, 3.05) is 0 Å². The van der Waals surface area contributed by atoms with Gasteiger partial charge >= 0.3 is 0 Å². The molecule has 3 aliphatic rings. The lowest BCUT2D eigenvalue weighted by Crippen LogP contribution is -2.43. The van der Waals surface area contributed by atoms with Crippen LogP contribution in [0.3, 0.4) is 0 Å². The summed E-state index contributed by atoms with van der Waals surface area (Å²) in [6.07, 6.45) is 0. The fraction of sp³-hybridized carbons (Fsp3) is 0.129. The second-order valence-corrected chi connectivity index (χ2v) is 43.8. The normalized spacial score (nSPS) is 14.6. The Morgan fingerprint density at radius 1 is 0.147 bits per heavy atom. The van der Waals surface area contributed by atoms with E-state index in [9.17, 15) is 0 Å². The summed E-state index contributed by atoms with van der Waals surface area (Å²) in [5.74, 6) is 5.75. The zero-order chi connectivity index (χ0) is 102. The smallest absolute Gasteiger partial charge is 0.164 e. The molecule has 0 amide bonds. The minimum atomic E-state index is -0.0556. The maximum atomic E-state index is 6.25. The lowest BCUT2D eigenvalue weighted by Gasteiger charge is -2.48. The highest BCUT2D eigenvalue weighted by molar-refractivity contribution is 6.19. The van der Waals surface area contributed by atoms with Crippen molar-refractivity contribution in [3.8, 4) is 136 Å². The molecule has 0 aliphatic heterocycles.